The van der Waals surface area contributed by atoms with Crippen LogP contribution in [0, 0.1) is 5.92 Å². The van der Waals surface area contributed by atoms with E-state index in [1.54, 1.807) is 7.11 Å². The summed E-state index contributed by atoms with van der Waals surface area (Å²) in [7, 11) is 0.416. The zero-order valence-electron chi connectivity index (χ0n) is 26.7. The van der Waals surface area contributed by atoms with Crippen LogP contribution in [-0.4, -0.2) is 84.0 Å². The lowest BCUT2D eigenvalue weighted by molar-refractivity contribution is -0.126. The van der Waals surface area contributed by atoms with Crippen molar-refractivity contribution in [3.05, 3.63) is 77.9 Å². The van der Waals surface area contributed by atoms with E-state index < -0.39 is 33.5 Å². The van der Waals surface area contributed by atoms with Crippen molar-refractivity contribution >= 4 is 22.0 Å². The number of amides is 2. The van der Waals surface area contributed by atoms with Crippen molar-refractivity contribution in [2.24, 2.45) is 5.92 Å². The van der Waals surface area contributed by atoms with Crippen LogP contribution in [-0.2, 0) is 25.0 Å². The molecule has 0 aromatic heterocycles. The number of hydrogen-bond donors (Lipinski definition) is 3. The number of carboxylic acid groups (broad SMARTS) is 1. The minimum Gasteiger partial charge on any atom is -0.493 e. The minimum absolute atomic E-state index is 0.0626. The predicted octanol–water partition coefficient (Wildman–Crippen LogP) is 4.38. The molecule has 2 amide bonds. The monoisotopic (exact) mass is 667 g/mol. The van der Waals surface area contributed by atoms with Gasteiger partial charge in [-0.05, 0) is 49.9 Å². The van der Waals surface area contributed by atoms with Gasteiger partial charge in [-0.1, -0.05) is 36.4 Å². The number of sulfonamides is 1. The molecule has 3 aromatic rings. The maximum atomic E-state index is 13.9. The summed E-state index contributed by atoms with van der Waals surface area (Å²) in [6, 6.07) is 18.9. The maximum Gasteiger partial charge on any atom is 0.407 e. The lowest BCUT2D eigenvalue weighted by Crippen LogP contribution is -2.56. The van der Waals surface area contributed by atoms with Crippen LogP contribution in [0.25, 0.3) is 0 Å². The van der Waals surface area contributed by atoms with Crippen LogP contribution < -0.4 is 24.2 Å². The average molecular weight is 668 g/mol. The molecule has 0 bridgehead atoms. The van der Waals surface area contributed by atoms with E-state index in [1.165, 1.54) is 32.4 Å². The number of para-hydroxylation sites is 2. The van der Waals surface area contributed by atoms with E-state index in [9.17, 15) is 23.1 Å². The highest BCUT2D eigenvalue weighted by Crippen LogP contribution is 2.50. The molecule has 12 nitrogen and oxygen atoms in total. The van der Waals surface area contributed by atoms with Gasteiger partial charge >= 0.3 is 6.09 Å². The molecule has 0 spiro atoms. The first kappa shape index (κ1) is 34.0. The van der Waals surface area contributed by atoms with Gasteiger partial charge in [-0.2, -0.15) is 0 Å². The Morgan fingerprint density at radius 3 is 2.21 bits per heavy atom. The van der Waals surface area contributed by atoms with Gasteiger partial charge in [0.05, 0.1) is 25.0 Å². The summed E-state index contributed by atoms with van der Waals surface area (Å²) >= 11 is 0. The van der Waals surface area contributed by atoms with Crippen molar-refractivity contribution in [1.82, 2.24) is 14.9 Å². The van der Waals surface area contributed by atoms with Gasteiger partial charge in [0.25, 0.3) is 0 Å². The second-order valence-electron chi connectivity index (χ2n) is 11.8. The molecule has 1 saturated heterocycles. The Hall–Kier alpha value is -4.33. The zero-order valence-corrected chi connectivity index (χ0v) is 27.5. The molecular formula is C34H41N3O9S. The Kier molecular flexibility index (Phi) is 10.6. The summed E-state index contributed by atoms with van der Waals surface area (Å²) in [6.45, 7) is 0.678. The summed E-state index contributed by atoms with van der Waals surface area (Å²) in [6.07, 6.45) is 1.23. The SMILES string of the molecule is COCCCCC1(CNC(=O)[C@H]2C[C@@H](NS(=O)(=O)c3ccc(OC)c(OC)c3)CN(C(=O)O)C2)c2ccccc2Oc2ccccc21. The standard InChI is InChI=1S/C34H41N3O9S/c1-43-17-9-8-16-34(26-10-4-6-12-28(26)46-29-13-7-5-11-27(29)34)22-35-32(38)23-18-24(21-37(20-23)33(39)40)36-47(41,42)25-14-15-30(44-2)31(19-25)45-3/h4-7,10-15,19,23-24,36H,8-9,16-18,20-22H2,1-3H3,(H,35,38)(H,39,40)/t23-,24+/m0/s1. The third-order valence-corrected chi connectivity index (χ3v) is 10.4. The highest BCUT2D eigenvalue weighted by atomic mass is 32.2. The number of fused-ring (bicyclic) bond motifs is 2. The number of piperidine rings is 1. The van der Waals surface area contributed by atoms with Gasteiger partial charge in [-0.25, -0.2) is 17.9 Å². The summed E-state index contributed by atoms with van der Waals surface area (Å²) in [5.41, 5.74) is 1.28. The Balaban J connectivity index is 1.38. The molecule has 0 saturated carbocycles. The number of nitrogens with one attached hydrogen (secondary N) is 2. The summed E-state index contributed by atoms with van der Waals surface area (Å²) in [5.74, 6) is 0.871. The molecular weight excluding hydrogens is 626 g/mol. The Bertz CT molecular complexity index is 1650. The van der Waals surface area contributed by atoms with Crippen molar-refractivity contribution in [3.63, 3.8) is 0 Å². The summed E-state index contributed by atoms with van der Waals surface area (Å²) in [4.78, 5) is 27.0. The van der Waals surface area contributed by atoms with Crippen LogP contribution in [0.15, 0.2) is 71.6 Å². The normalized spacial score (nSPS) is 18.3. The molecule has 1 fully saturated rings. The molecule has 13 heteroatoms. The number of methoxy groups -OCH3 is 3. The van der Waals surface area contributed by atoms with Crippen molar-refractivity contribution in [1.29, 1.82) is 0 Å². The zero-order chi connectivity index (χ0) is 33.6. The molecule has 2 atom stereocenters. The molecule has 2 heterocycles. The first-order valence-electron chi connectivity index (χ1n) is 15.5. The van der Waals surface area contributed by atoms with Crippen LogP contribution >= 0.6 is 0 Å². The third-order valence-electron chi connectivity index (χ3n) is 8.87. The fraction of sp³-hybridized carbons (Fsp3) is 0.412. The van der Waals surface area contributed by atoms with Crippen LogP contribution in [0.3, 0.4) is 0 Å². The quantitative estimate of drug-likeness (QED) is 0.226. The Labute approximate surface area is 275 Å². The van der Waals surface area contributed by atoms with E-state index in [4.69, 9.17) is 18.9 Å². The Morgan fingerprint density at radius 2 is 1.60 bits per heavy atom. The summed E-state index contributed by atoms with van der Waals surface area (Å²) < 4.78 is 51.4. The van der Waals surface area contributed by atoms with Gasteiger partial charge in [-0.3, -0.25) is 4.79 Å². The van der Waals surface area contributed by atoms with E-state index in [0.717, 1.165) is 28.9 Å². The van der Waals surface area contributed by atoms with E-state index >= 15 is 0 Å². The number of benzene rings is 3. The molecule has 5 rings (SSSR count). The second-order valence-corrected chi connectivity index (χ2v) is 13.5. The average Bonchev–Trinajstić information content (AvgIpc) is 3.08. The van der Waals surface area contributed by atoms with Gasteiger partial charge in [-0.15, -0.1) is 0 Å². The summed E-state index contributed by atoms with van der Waals surface area (Å²) in [5, 5.41) is 13.0. The van der Waals surface area contributed by atoms with Gasteiger partial charge in [0.15, 0.2) is 11.5 Å². The predicted molar refractivity (Wildman–Crippen MR) is 174 cm³/mol. The van der Waals surface area contributed by atoms with E-state index in [-0.39, 0.29) is 42.6 Å². The van der Waals surface area contributed by atoms with Crippen LogP contribution in [0.4, 0.5) is 4.79 Å². The smallest absolute Gasteiger partial charge is 0.407 e. The lowest BCUT2D eigenvalue weighted by Gasteiger charge is -2.41. The van der Waals surface area contributed by atoms with Crippen molar-refractivity contribution in [2.45, 2.75) is 42.0 Å². The van der Waals surface area contributed by atoms with Gasteiger partial charge in [0.2, 0.25) is 15.9 Å². The van der Waals surface area contributed by atoms with E-state index in [2.05, 4.69) is 10.0 Å². The number of likely N-dealkylation sites (tertiary alicyclic amines) is 1. The molecule has 3 N–H and O–H groups in total. The van der Waals surface area contributed by atoms with Crippen molar-refractivity contribution in [3.8, 4) is 23.0 Å². The molecule has 252 valence electrons. The number of nitrogens with zero attached hydrogens (tertiary/aromatic N) is 1. The fourth-order valence-electron chi connectivity index (χ4n) is 6.57. The van der Waals surface area contributed by atoms with Gasteiger partial charge in [0.1, 0.15) is 11.5 Å². The molecule has 0 radical (unpaired) electrons. The topological polar surface area (TPSA) is 153 Å². The molecule has 47 heavy (non-hydrogen) atoms. The highest BCUT2D eigenvalue weighted by Gasteiger charge is 2.43. The van der Waals surface area contributed by atoms with Crippen LogP contribution in [0.2, 0.25) is 0 Å². The first-order chi connectivity index (χ1) is 22.6. The highest BCUT2D eigenvalue weighted by molar-refractivity contribution is 7.89. The fourth-order valence-corrected chi connectivity index (χ4v) is 7.83. The van der Waals surface area contributed by atoms with Crippen LogP contribution in [0.5, 0.6) is 23.0 Å². The van der Waals surface area contributed by atoms with E-state index in [0.29, 0.717) is 30.3 Å². The lowest BCUT2D eigenvalue weighted by atomic mass is 9.69. The number of carbonyl (C=O) groups is 2. The van der Waals surface area contributed by atoms with Crippen LogP contribution in [0.1, 0.15) is 36.8 Å². The number of carbonyl (C=O) groups excluding carboxylic acids is 1. The van der Waals surface area contributed by atoms with E-state index in [1.807, 2.05) is 48.5 Å². The van der Waals surface area contributed by atoms with Gasteiger partial charge in [0, 0.05) is 62.0 Å². The van der Waals surface area contributed by atoms with Crippen molar-refractivity contribution in [2.75, 3.05) is 47.6 Å². The number of rotatable bonds is 13. The number of ether oxygens (including phenoxy) is 4. The molecule has 3 aromatic carbocycles. The first-order valence-corrected chi connectivity index (χ1v) is 17.0. The molecule has 0 unspecified atom stereocenters. The van der Waals surface area contributed by atoms with Crippen molar-refractivity contribution < 1.29 is 42.1 Å². The Morgan fingerprint density at radius 1 is 0.936 bits per heavy atom. The molecule has 2 aliphatic rings. The number of hydrogen-bond acceptors (Lipinski definition) is 8. The van der Waals surface area contributed by atoms with Gasteiger partial charge < -0.3 is 34.3 Å². The number of unbranched alkanes of at least 4 members (excludes halogenated alkanes) is 1. The second kappa shape index (κ2) is 14.6. The molecule has 2 aliphatic heterocycles. The third kappa shape index (κ3) is 7.32. The maximum absolute atomic E-state index is 13.9. The molecule has 0 aliphatic carbocycles. The minimum atomic E-state index is -4.10. The largest absolute Gasteiger partial charge is 0.493 e.